The first kappa shape index (κ1) is 18.2. The summed E-state index contributed by atoms with van der Waals surface area (Å²) in [5, 5.41) is 12.6. The number of carbonyl (C=O) groups is 2. The molecule has 1 heterocycles. The summed E-state index contributed by atoms with van der Waals surface area (Å²) >= 11 is 6.35. The molecule has 0 aliphatic carbocycles. The summed E-state index contributed by atoms with van der Waals surface area (Å²) in [6.07, 6.45) is 1.58. The van der Waals surface area contributed by atoms with Crippen molar-refractivity contribution in [3.05, 3.63) is 64.6 Å². The fraction of sp³-hybridized carbons (Fsp3) is 0.105. The lowest BCUT2D eigenvalue weighted by Crippen LogP contribution is -2.36. The Bertz CT molecular complexity index is 925. The molecule has 5 nitrogen and oxygen atoms in total. The summed E-state index contributed by atoms with van der Waals surface area (Å²) in [4.78, 5) is 26.5. The van der Waals surface area contributed by atoms with Gasteiger partial charge in [-0.15, -0.1) is 0 Å². The predicted molar refractivity (Wildman–Crippen MR) is 108 cm³/mol. The molecule has 1 aliphatic rings. The van der Waals surface area contributed by atoms with E-state index in [1.807, 2.05) is 25.1 Å². The lowest BCUT2D eigenvalue weighted by molar-refractivity contribution is -0.126. The molecule has 132 valence electrons. The maximum Gasteiger partial charge on any atom is 0.266 e. The maximum atomic E-state index is 12.6. The van der Waals surface area contributed by atoms with Gasteiger partial charge in [0.25, 0.3) is 5.91 Å². The zero-order chi connectivity index (χ0) is 18.7. The van der Waals surface area contributed by atoms with Gasteiger partial charge in [-0.1, -0.05) is 60.4 Å². The molecule has 2 aromatic carbocycles. The van der Waals surface area contributed by atoms with Crippen molar-refractivity contribution in [2.45, 2.75) is 6.92 Å². The number of nitrogens with zero attached hydrogens (tertiary/aromatic N) is 1. The Morgan fingerprint density at radius 3 is 2.65 bits per heavy atom. The fourth-order valence-corrected chi connectivity index (χ4v) is 3.68. The summed E-state index contributed by atoms with van der Waals surface area (Å²) in [5.41, 5.74) is 2.16. The number of hydrogen-bond acceptors (Lipinski definition) is 5. The van der Waals surface area contributed by atoms with E-state index >= 15 is 0 Å². The number of anilines is 1. The summed E-state index contributed by atoms with van der Waals surface area (Å²) in [5.74, 6) is -0.586. The van der Waals surface area contributed by atoms with Gasteiger partial charge in [0.15, 0.2) is 0 Å². The molecule has 0 saturated carbocycles. The predicted octanol–water partition coefficient (Wildman–Crippen LogP) is 3.54. The van der Waals surface area contributed by atoms with Crippen molar-refractivity contribution in [3.63, 3.8) is 0 Å². The number of hydrogen-bond donors (Lipinski definition) is 2. The average molecular weight is 384 g/mol. The molecule has 2 aromatic rings. The molecule has 0 atom stereocenters. The van der Waals surface area contributed by atoms with Crippen LogP contribution < -0.4 is 5.32 Å². The van der Waals surface area contributed by atoms with E-state index in [-0.39, 0.29) is 24.1 Å². The Labute approximate surface area is 160 Å². The van der Waals surface area contributed by atoms with Crippen LogP contribution in [0.3, 0.4) is 0 Å². The van der Waals surface area contributed by atoms with Gasteiger partial charge in [0.1, 0.15) is 16.6 Å². The minimum Gasteiger partial charge on any atom is -0.507 e. The molecule has 0 unspecified atom stereocenters. The molecule has 0 bridgehead atoms. The van der Waals surface area contributed by atoms with E-state index in [0.717, 1.165) is 17.3 Å². The molecule has 7 heteroatoms. The van der Waals surface area contributed by atoms with Crippen molar-refractivity contribution in [2.24, 2.45) is 0 Å². The highest BCUT2D eigenvalue weighted by Crippen LogP contribution is 2.33. The average Bonchev–Trinajstić information content (AvgIpc) is 2.86. The molecule has 1 fully saturated rings. The molecular weight excluding hydrogens is 368 g/mol. The van der Waals surface area contributed by atoms with Gasteiger partial charge in [-0.05, 0) is 30.7 Å². The number of aromatic hydroxyl groups is 1. The maximum absolute atomic E-state index is 12.6. The highest BCUT2D eigenvalue weighted by molar-refractivity contribution is 8.26. The fourth-order valence-electron chi connectivity index (χ4n) is 2.43. The second kappa shape index (κ2) is 7.72. The van der Waals surface area contributed by atoms with Crippen molar-refractivity contribution >= 4 is 51.9 Å². The largest absolute Gasteiger partial charge is 0.507 e. The Morgan fingerprint density at radius 1 is 1.23 bits per heavy atom. The second-order valence-electron chi connectivity index (χ2n) is 5.69. The van der Waals surface area contributed by atoms with Crippen LogP contribution in [0.25, 0.3) is 6.08 Å². The smallest absolute Gasteiger partial charge is 0.266 e. The Balaban J connectivity index is 1.72. The highest BCUT2D eigenvalue weighted by atomic mass is 32.2. The number of para-hydroxylation sites is 2. The van der Waals surface area contributed by atoms with Gasteiger partial charge in [-0.3, -0.25) is 14.5 Å². The van der Waals surface area contributed by atoms with E-state index in [1.165, 1.54) is 4.90 Å². The normalized spacial score (nSPS) is 15.6. The zero-order valence-electron chi connectivity index (χ0n) is 13.9. The van der Waals surface area contributed by atoms with Crippen LogP contribution in [0.5, 0.6) is 5.75 Å². The summed E-state index contributed by atoms with van der Waals surface area (Å²) in [7, 11) is 0. The lowest BCUT2D eigenvalue weighted by Gasteiger charge is -2.15. The molecule has 2 amide bonds. The first-order valence-corrected chi connectivity index (χ1v) is 9.07. The summed E-state index contributed by atoms with van der Waals surface area (Å²) in [6.45, 7) is 1.74. The number of amides is 2. The first-order chi connectivity index (χ1) is 12.5. The molecule has 1 saturated heterocycles. The van der Waals surface area contributed by atoms with Gasteiger partial charge in [0, 0.05) is 11.3 Å². The zero-order valence-corrected chi connectivity index (χ0v) is 15.6. The van der Waals surface area contributed by atoms with E-state index in [9.17, 15) is 14.7 Å². The number of phenols is 1. The van der Waals surface area contributed by atoms with Gasteiger partial charge < -0.3 is 10.4 Å². The van der Waals surface area contributed by atoms with Crippen LogP contribution in [-0.2, 0) is 9.59 Å². The van der Waals surface area contributed by atoms with Crippen LogP contribution in [0.15, 0.2) is 53.4 Å². The summed E-state index contributed by atoms with van der Waals surface area (Å²) < 4.78 is 0.316. The van der Waals surface area contributed by atoms with Crippen molar-refractivity contribution in [1.82, 2.24) is 4.90 Å². The summed E-state index contributed by atoms with van der Waals surface area (Å²) in [6, 6.07) is 14.1. The number of thioether (sulfide) groups is 1. The van der Waals surface area contributed by atoms with Gasteiger partial charge >= 0.3 is 0 Å². The molecule has 2 N–H and O–H groups in total. The minimum atomic E-state index is -0.344. The molecule has 0 aromatic heterocycles. The van der Waals surface area contributed by atoms with Crippen LogP contribution in [0.2, 0.25) is 0 Å². The number of phenolic OH excluding ortho intramolecular Hbond substituents is 1. The lowest BCUT2D eigenvalue weighted by atomic mass is 10.2. The number of benzene rings is 2. The molecule has 26 heavy (non-hydrogen) atoms. The van der Waals surface area contributed by atoms with Crippen molar-refractivity contribution in [1.29, 1.82) is 0 Å². The van der Waals surface area contributed by atoms with E-state index in [1.54, 1.807) is 36.4 Å². The van der Waals surface area contributed by atoms with E-state index in [0.29, 0.717) is 20.5 Å². The van der Waals surface area contributed by atoms with Crippen LogP contribution in [0, 0.1) is 6.92 Å². The van der Waals surface area contributed by atoms with Crippen LogP contribution in [-0.4, -0.2) is 32.7 Å². The molecule has 0 spiro atoms. The Morgan fingerprint density at radius 2 is 1.92 bits per heavy atom. The number of carbonyl (C=O) groups excluding carboxylic acids is 2. The van der Waals surface area contributed by atoms with Crippen molar-refractivity contribution in [2.75, 3.05) is 11.9 Å². The minimum absolute atomic E-state index is 0.0788. The number of rotatable bonds is 4. The molecule has 0 radical (unpaired) electrons. The van der Waals surface area contributed by atoms with E-state index in [4.69, 9.17) is 12.2 Å². The first-order valence-electron chi connectivity index (χ1n) is 7.84. The van der Waals surface area contributed by atoms with E-state index < -0.39 is 0 Å². The van der Waals surface area contributed by atoms with Gasteiger partial charge in [-0.25, -0.2) is 0 Å². The Hall–Kier alpha value is -2.64. The molecule has 1 aliphatic heterocycles. The van der Waals surface area contributed by atoms with Crippen molar-refractivity contribution < 1.29 is 14.7 Å². The van der Waals surface area contributed by atoms with Crippen LogP contribution in [0.4, 0.5) is 5.69 Å². The topological polar surface area (TPSA) is 69.6 Å². The quantitative estimate of drug-likeness (QED) is 0.623. The number of nitrogens with one attached hydrogen (secondary N) is 1. The highest BCUT2D eigenvalue weighted by Gasteiger charge is 2.33. The number of thiocarbonyl (C=S) groups is 1. The van der Waals surface area contributed by atoms with Crippen LogP contribution in [0.1, 0.15) is 11.1 Å². The van der Waals surface area contributed by atoms with Crippen LogP contribution >= 0.6 is 24.0 Å². The van der Waals surface area contributed by atoms with Gasteiger partial charge in [-0.2, -0.15) is 0 Å². The second-order valence-corrected chi connectivity index (χ2v) is 7.37. The third-order valence-electron chi connectivity index (χ3n) is 3.82. The third-order valence-corrected chi connectivity index (χ3v) is 5.20. The standard InChI is InChI=1S/C19H16N2O3S2/c1-12-6-2-4-8-14(12)20-17(23)11-21-18(24)16(26-19(21)25)10-13-7-3-5-9-15(13)22/h2-10,22H,11H2,1H3,(H,20,23)/b16-10-. The number of aryl methyl sites for hydroxylation is 1. The van der Waals surface area contributed by atoms with E-state index in [2.05, 4.69) is 5.32 Å². The SMILES string of the molecule is Cc1ccccc1NC(=O)CN1C(=O)/C(=C/c2ccccc2O)SC1=S. The van der Waals surface area contributed by atoms with Gasteiger partial charge in [0.05, 0.1) is 4.91 Å². The molecular formula is C19H16N2O3S2. The monoisotopic (exact) mass is 384 g/mol. The molecule has 3 rings (SSSR count). The third kappa shape index (κ3) is 3.95. The Kier molecular flexibility index (Phi) is 5.39. The van der Waals surface area contributed by atoms with Gasteiger partial charge in [0.2, 0.25) is 5.91 Å². The van der Waals surface area contributed by atoms with Crippen molar-refractivity contribution in [3.8, 4) is 5.75 Å².